The maximum Gasteiger partial charge on any atom is 0.430 e. The molecule has 0 unspecified atom stereocenters. The Hall–Kier alpha value is -2.29. The number of amides is 1. The number of aromatic nitrogens is 1. The van der Waals surface area contributed by atoms with Crippen molar-refractivity contribution in [1.29, 1.82) is 0 Å². The molecular formula is C18H21FN2O8S3. The van der Waals surface area contributed by atoms with Gasteiger partial charge in [0, 0.05) is 22.9 Å². The summed E-state index contributed by atoms with van der Waals surface area (Å²) < 4.78 is 84.3. The molecule has 1 aliphatic heterocycles. The van der Waals surface area contributed by atoms with Gasteiger partial charge in [-0.3, -0.25) is 4.55 Å². The van der Waals surface area contributed by atoms with E-state index in [0.29, 0.717) is 0 Å². The van der Waals surface area contributed by atoms with E-state index in [4.69, 9.17) is 14.0 Å². The second kappa shape index (κ2) is 8.57. The molecule has 2 aromatic rings. The number of carbonyl (C=O) groups excluding carboxylic acids is 1. The Morgan fingerprint density at radius 2 is 2.03 bits per heavy atom. The average Bonchev–Trinajstić information content (AvgIpc) is 3.12. The van der Waals surface area contributed by atoms with Gasteiger partial charge < -0.3 is 9.47 Å². The second-order valence-electron chi connectivity index (χ2n) is 8.00. The zero-order valence-electron chi connectivity index (χ0n) is 17.3. The number of hydrogen-bond acceptors (Lipinski definition) is 9. The van der Waals surface area contributed by atoms with Crippen molar-refractivity contribution in [2.45, 2.75) is 43.6 Å². The highest BCUT2D eigenvalue weighted by atomic mass is 32.2. The van der Waals surface area contributed by atoms with Gasteiger partial charge in [0.15, 0.2) is 5.82 Å². The van der Waals surface area contributed by atoms with Crippen LogP contribution in [0.1, 0.15) is 38.7 Å². The number of rotatable bonds is 5. The van der Waals surface area contributed by atoms with Crippen molar-refractivity contribution in [2.75, 3.05) is 16.7 Å². The first-order valence-electron chi connectivity index (χ1n) is 9.27. The minimum Gasteiger partial charge on any atom is -0.493 e. The third-order valence-corrected chi connectivity index (χ3v) is 7.43. The van der Waals surface area contributed by atoms with E-state index >= 15 is 4.39 Å². The van der Waals surface area contributed by atoms with Crippen molar-refractivity contribution in [2.24, 2.45) is 0 Å². The summed E-state index contributed by atoms with van der Waals surface area (Å²) in [6.07, 6.45) is -1.09. The van der Waals surface area contributed by atoms with Crippen LogP contribution in [0.25, 0.3) is 0 Å². The Bertz CT molecular complexity index is 1220. The molecule has 0 saturated carbocycles. The predicted molar refractivity (Wildman–Crippen MR) is 114 cm³/mol. The van der Waals surface area contributed by atoms with Crippen LogP contribution in [0.4, 0.5) is 15.0 Å². The van der Waals surface area contributed by atoms with Gasteiger partial charge in [0.2, 0.25) is 0 Å². The van der Waals surface area contributed by atoms with Crippen LogP contribution in [0.5, 0.6) is 5.75 Å². The highest BCUT2D eigenvalue weighted by molar-refractivity contribution is 7.93. The standard InChI is InChI=1S/C18H21FN2O8S3/c1-18(2,3)29-17(22)21(16-8-30-10-20-16)32(26,27)15-7-14-12(6-13(15)19)11(4-5-28-14)9-31(23,24)25/h6-8,10-11H,4-5,9H2,1-3H3,(H,23,24,25)/t11-/m0/s1. The highest BCUT2D eigenvalue weighted by Gasteiger charge is 2.39. The zero-order chi connectivity index (χ0) is 23.9. The molecular weight excluding hydrogens is 487 g/mol. The van der Waals surface area contributed by atoms with Gasteiger partial charge in [0.25, 0.3) is 20.1 Å². The fourth-order valence-corrected chi connectivity index (χ4v) is 5.89. The molecule has 0 saturated heterocycles. The summed E-state index contributed by atoms with van der Waals surface area (Å²) in [6, 6.07) is 1.73. The van der Waals surface area contributed by atoms with Gasteiger partial charge in [-0.1, -0.05) is 0 Å². The van der Waals surface area contributed by atoms with Crippen molar-refractivity contribution in [3.8, 4) is 5.75 Å². The second-order valence-corrected chi connectivity index (χ2v) is 12.0. The Morgan fingerprint density at radius 1 is 1.34 bits per heavy atom. The summed E-state index contributed by atoms with van der Waals surface area (Å²) in [5.41, 5.74) is 0.360. The van der Waals surface area contributed by atoms with Gasteiger partial charge >= 0.3 is 6.09 Å². The first-order valence-corrected chi connectivity index (χ1v) is 13.3. The SMILES string of the molecule is CC(C)(C)OC(=O)N(c1cscn1)S(=O)(=O)c1cc2c(cc1F)[C@H](CS(=O)(=O)O)CCO2. The van der Waals surface area contributed by atoms with Gasteiger partial charge in [-0.05, 0) is 33.3 Å². The largest absolute Gasteiger partial charge is 0.493 e. The number of ether oxygens (including phenoxy) is 2. The number of thiazole rings is 1. The summed E-state index contributed by atoms with van der Waals surface area (Å²) >= 11 is 1.02. The lowest BCUT2D eigenvalue weighted by Gasteiger charge is -2.28. The third kappa shape index (κ3) is 5.36. The molecule has 3 rings (SSSR count). The number of sulfonamides is 1. The van der Waals surface area contributed by atoms with Crippen LogP contribution >= 0.6 is 11.3 Å². The van der Waals surface area contributed by atoms with E-state index in [1.165, 1.54) is 10.9 Å². The van der Waals surface area contributed by atoms with E-state index in [0.717, 1.165) is 23.5 Å². The maximum atomic E-state index is 15.0. The van der Waals surface area contributed by atoms with Crippen LogP contribution in [0.2, 0.25) is 0 Å². The van der Waals surface area contributed by atoms with Crippen molar-refractivity contribution in [1.82, 2.24) is 4.98 Å². The predicted octanol–water partition coefficient (Wildman–Crippen LogP) is 3.17. The Labute approximate surface area is 188 Å². The first kappa shape index (κ1) is 24.4. The first-order chi connectivity index (χ1) is 14.7. The number of benzene rings is 1. The number of halogens is 1. The summed E-state index contributed by atoms with van der Waals surface area (Å²) in [6.45, 7) is 4.65. The lowest BCUT2D eigenvalue weighted by atomic mass is 9.95. The average molecular weight is 509 g/mol. The number of fused-ring (bicyclic) bond motifs is 1. The summed E-state index contributed by atoms with van der Waals surface area (Å²) in [7, 11) is -9.19. The van der Waals surface area contributed by atoms with E-state index in [2.05, 4.69) is 4.98 Å². The van der Waals surface area contributed by atoms with Crippen LogP contribution in [-0.4, -0.2) is 50.4 Å². The van der Waals surface area contributed by atoms with Gasteiger partial charge in [0.1, 0.15) is 22.1 Å². The molecule has 1 N–H and O–H groups in total. The molecule has 0 spiro atoms. The number of carbonyl (C=O) groups is 1. The Morgan fingerprint density at radius 3 is 2.59 bits per heavy atom. The van der Waals surface area contributed by atoms with Crippen LogP contribution < -0.4 is 9.04 Å². The third-order valence-electron chi connectivity index (χ3n) is 4.34. The van der Waals surface area contributed by atoms with E-state index < -0.39 is 54.2 Å². The fourth-order valence-electron chi connectivity index (χ4n) is 3.11. The lowest BCUT2D eigenvalue weighted by Crippen LogP contribution is -2.41. The van der Waals surface area contributed by atoms with Gasteiger partial charge in [0.05, 0.1) is 17.9 Å². The van der Waals surface area contributed by atoms with Crippen LogP contribution in [0, 0.1) is 5.82 Å². The minimum absolute atomic E-state index is 0.0279. The van der Waals surface area contributed by atoms with Gasteiger partial charge in [-0.15, -0.1) is 15.6 Å². The molecule has 0 aliphatic carbocycles. The lowest BCUT2D eigenvalue weighted by molar-refractivity contribution is 0.0608. The smallest absolute Gasteiger partial charge is 0.430 e. The van der Waals surface area contributed by atoms with Crippen LogP contribution in [-0.2, 0) is 24.9 Å². The van der Waals surface area contributed by atoms with Crippen molar-refractivity contribution < 1.29 is 40.0 Å². The topological polar surface area (TPSA) is 140 Å². The highest BCUT2D eigenvalue weighted by Crippen LogP contribution is 2.38. The Kier molecular flexibility index (Phi) is 6.52. The summed E-state index contributed by atoms with van der Waals surface area (Å²) in [5.74, 6) is -3.02. The summed E-state index contributed by atoms with van der Waals surface area (Å²) in [5, 5.41) is 1.29. The molecule has 1 amide bonds. The quantitative estimate of drug-likeness (QED) is 0.603. The monoisotopic (exact) mass is 508 g/mol. The van der Waals surface area contributed by atoms with Crippen LogP contribution in [0.3, 0.4) is 0 Å². The molecule has 0 fully saturated rings. The number of nitrogens with zero attached hydrogens (tertiary/aromatic N) is 2. The molecule has 1 aromatic heterocycles. The zero-order valence-corrected chi connectivity index (χ0v) is 19.8. The van der Waals surface area contributed by atoms with E-state index in [1.54, 1.807) is 20.8 Å². The molecule has 176 valence electrons. The summed E-state index contributed by atoms with van der Waals surface area (Å²) in [4.78, 5) is 15.7. The van der Waals surface area contributed by atoms with Crippen molar-refractivity contribution in [3.05, 3.63) is 34.4 Å². The van der Waals surface area contributed by atoms with E-state index in [-0.39, 0.29) is 34.5 Å². The molecule has 2 heterocycles. The van der Waals surface area contributed by atoms with Crippen LogP contribution in [0.15, 0.2) is 27.9 Å². The molecule has 10 nitrogen and oxygen atoms in total. The number of anilines is 1. The molecule has 0 bridgehead atoms. The molecule has 1 aromatic carbocycles. The van der Waals surface area contributed by atoms with E-state index in [9.17, 15) is 21.6 Å². The van der Waals surface area contributed by atoms with Crippen molar-refractivity contribution >= 4 is 43.4 Å². The minimum atomic E-state index is -4.83. The van der Waals surface area contributed by atoms with E-state index in [1.807, 2.05) is 0 Å². The van der Waals surface area contributed by atoms with Gasteiger partial charge in [-0.2, -0.15) is 8.42 Å². The molecule has 0 radical (unpaired) electrons. The normalized spacial score (nSPS) is 16.7. The molecule has 14 heteroatoms. The van der Waals surface area contributed by atoms with Gasteiger partial charge in [-0.25, -0.2) is 22.6 Å². The molecule has 1 atom stereocenters. The molecule has 32 heavy (non-hydrogen) atoms. The fraction of sp³-hybridized carbons (Fsp3) is 0.444. The molecule has 1 aliphatic rings. The number of hydrogen-bond donors (Lipinski definition) is 1. The van der Waals surface area contributed by atoms with Crippen molar-refractivity contribution in [3.63, 3.8) is 0 Å². The maximum absolute atomic E-state index is 15.0. The Balaban J connectivity index is 2.09.